The Hall–Kier alpha value is -0.740. The Labute approximate surface area is 77.6 Å². The maximum absolute atomic E-state index is 11.2. The highest BCUT2D eigenvalue weighted by atomic mass is 16.5. The van der Waals surface area contributed by atoms with Gasteiger partial charge < -0.3 is 10.2 Å². The summed E-state index contributed by atoms with van der Waals surface area (Å²) in [7, 11) is 0. The minimum Gasteiger partial charge on any atom is -0.365 e. The summed E-state index contributed by atoms with van der Waals surface area (Å²) in [6.07, 6.45) is -0.312. The number of carbonyl (C=O) groups excluding carboxylic acids is 2. The number of hydrogen-bond acceptors (Lipinski definition) is 4. The van der Waals surface area contributed by atoms with Gasteiger partial charge in [0, 0.05) is 0 Å². The highest BCUT2D eigenvalue weighted by Crippen LogP contribution is 2.14. The van der Waals surface area contributed by atoms with Gasteiger partial charge in [-0.3, -0.25) is 9.59 Å². The van der Waals surface area contributed by atoms with Crippen LogP contribution in [-0.2, 0) is 9.59 Å². The average molecular weight is 188 g/mol. The van der Waals surface area contributed by atoms with Gasteiger partial charge in [-0.2, -0.15) is 0 Å². The van der Waals surface area contributed by atoms with Crippen molar-refractivity contribution in [1.82, 2.24) is 0 Å². The van der Waals surface area contributed by atoms with Crippen LogP contribution in [0.1, 0.15) is 33.6 Å². The first kappa shape index (κ1) is 12.3. The average Bonchev–Trinajstić information content (AvgIpc) is 2.02. The second kappa shape index (κ2) is 4.48. The number of Topliss-reactive ketones (excluding diaryl/α,β-unsaturated/α-hetero) is 2. The topological polar surface area (TPSA) is 74.6 Å². The molecule has 0 fully saturated rings. The van der Waals surface area contributed by atoms with Crippen molar-refractivity contribution in [2.75, 3.05) is 0 Å². The first-order valence-electron chi connectivity index (χ1n) is 4.28. The molecule has 0 aromatic heterocycles. The smallest absolute Gasteiger partial charge is 0.169 e. The van der Waals surface area contributed by atoms with Crippen molar-refractivity contribution in [3.8, 4) is 0 Å². The van der Waals surface area contributed by atoms with Gasteiger partial charge in [-0.15, -0.1) is 0 Å². The van der Waals surface area contributed by atoms with E-state index in [1.807, 2.05) is 0 Å². The summed E-state index contributed by atoms with van der Waals surface area (Å²) >= 11 is 0. The Kier molecular flexibility index (Phi) is 4.23. The molecule has 13 heavy (non-hydrogen) atoms. The van der Waals surface area contributed by atoms with Crippen molar-refractivity contribution in [3.05, 3.63) is 0 Å². The Morgan fingerprint density at radius 2 is 1.85 bits per heavy atom. The summed E-state index contributed by atoms with van der Waals surface area (Å²) in [5, 5.41) is 18.3. The van der Waals surface area contributed by atoms with E-state index in [0.29, 0.717) is 0 Å². The predicted octanol–water partition coefficient (Wildman–Crippen LogP) is 0.262. The Balaban J connectivity index is 4.23. The van der Waals surface area contributed by atoms with Crippen LogP contribution in [0.2, 0.25) is 0 Å². The SMILES string of the molecule is CCC(O)(O)CC(=O)C(C)C(C)=O. The summed E-state index contributed by atoms with van der Waals surface area (Å²) < 4.78 is 0. The molecule has 1 unspecified atom stereocenters. The van der Waals surface area contributed by atoms with E-state index in [-0.39, 0.29) is 18.6 Å². The van der Waals surface area contributed by atoms with E-state index in [1.54, 1.807) is 6.92 Å². The van der Waals surface area contributed by atoms with Crippen molar-refractivity contribution in [1.29, 1.82) is 0 Å². The molecule has 0 saturated carbocycles. The van der Waals surface area contributed by atoms with E-state index in [4.69, 9.17) is 10.2 Å². The molecule has 1 atom stereocenters. The maximum atomic E-state index is 11.2. The van der Waals surface area contributed by atoms with Crippen LogP contribution < -0.4 is 0 Å². The van der Waals surface area contributed by atoms with Crippen LogP contribution in [-0.4, -0.2) is 27.6 Å². The summed E-state index contributed by atoms with van der Waals surface area (Å²) in [4.78, 5) is 22.0. The molecule has 0 aliphatic carbocycles. The van der Waals surface area contributed by atoms with Gasteiger partial charge in [-0.25, -0.2) is 0 Å². The lowest BCUT2D eigenvalue weighted by Gasteiger charge is -2.19. The summed E-state index contributed by atoms with van der Waals surface area (Å²) in [5.41, 5.74) is 0. The predicted molar refractivity (Wildman–Crippen MR) is 46.9 cm³/mol. The van der Waals surface area contributed by atoms with E-state index in [0.717, 1.165) is 0 Å². The molecule has 0 aliphatic rings. The minimum atomic E-state index is -1.97. The molecule has 0 spiro atoms. The van der Waals surface area contributed by atoms with Crippen LogP contribution in [0.15, 0.2) is 0 Å². The normalized spacial score (nSPS) is 13.9. The molecule has 0 bridgehead atoms. The third-order valence-corrected chi connectivity index (χ3v) is 2.12. The zero-order valence-electron chi connectivity index (χ0n) is 8.20. The van der Waals surface area contributed by atoms with E-state index in [2.05, 4.69) is 0 Å². The number of hydrogen-bond donors (Lipinski definition) is 2. The fourth-order valence-electron chi connectivity index (χ4n) is 0.784. The van der Waals surface area contributed by atoms with Crippen LogP contribution in [0.4, 0.5) is 0 Å². The second-order valence-electron chi connectivity index (χ2n) is 3.31. The minimum absolute atomic E-state index is 0.0728. The molecular weight excluding hydrogens is 172 g/mol. The molecule has 0 amide bonds. The van der Waals surface area contributed by atoms with Gasteiger partial charge in [-0.05, 0) is 20.3 Å². The molecule has 0 saturated heterocycles. The molecule has 0 heterocycles. The molecule has 0 radical (unpaired) electrons. The van der Waals surface area contributed by atoms with Gasteiger partial charge in [0.1, 0.15) is 11.6 Å². The van der Waals surface area contributed by atoms with Crippen molar-refractivity contribution >= 4 is 11.6 Å². The highest BCUT2D eigenvalue weighted by molar-refractivity contribution is 6.01. The second-order valence-corrected chi connectivity index (χ2v) is 3.31. The van der Waals surface area contributed by atoms with Crippen LogP contribution in [0.25, 0.3) is 0 Å². The van der Waals surface area contributed by atoms with Crippen molar-refractivity contribution < 1.29 is 19.8 Å². The zero-order valence-corrected chi connectivity index (χ0v) is 8.20. The molecule has 2 N–H and O–H groups in total. The summed E-state index contributed by atoms with van der Waals surface area (Å²) in [6, 6.07) is 0. The third-order valence-electron chi connectivity index (χ3n) is 2.12. The molecule has 0 aliphatic heterocycles. The Morgan fingerprint density at radius 1 is 1.38 bits per heavy atom. The molecule has 0 aromatic carbocycles. The fourth-order valence-corrected chi connectivity index (χ4v) is 0.784. The highest BCUT2D eigenvalue weighted by Gasteiger charge is 2.28. The van der Waals surface area contributed by atoms with Crippen molar-refractivity contribution in [2.24, 2.45) is 5.92 Å². The van der Waals surface area contributed by atoms with Crippen LogP contribution in [0.5, 0.6) is 0 Å². The van der Waals surface area contributed by atoms with Crippen LogP contribution >= 0.6 is 0 Å². The van der Waals surface area contributed by atoms with Gasteiger partial charge in [0.25, 0.3) is 0 Å². The number of ketones is 2. The maximum Gasteiger partial charge on any atom is 0.169 e. The lowest BCUT2D eigenvalue weighted by atomic mass is 9.95. The molecule has 0 aromatic rings. The van der Waals surface area contributed by atoms with Crippen LogP contribution in [0, 0.1) is 5.92 Å². The van der Waals surface area contributed by atoms with E-state index >= 15 is 0 Å². The lowest BCUT2D eigenvalue weighted by molar-refractivity contribution is -0.174. The van der Waals surface area contributed by atoms with Gasteiger partial charge in [0.15, 0.2) is 5.79 Å². The Bertz CT molecular complexity index is 208. The standard InChI is InChI=1S/C9H16O4/c1-4-9(12,13)5-8(11)6(2)7(3)10/h6,12-13H,4-5H2,1-3H3. The van der Waals surface area contributed by atoms with E-state index < -0.39 is 17.5 Å². The zero-order chi connectivity index (χ0) is 10.6. The van der Waals surface area contributed by atoms with Gasteiger partial charge in [0.2, 0.25) is 0 Å². The molecular formula is C9H16O4. The molecule has 4 heteroatoms. The summed E-state index contributed by atoms with van der Waals surface area (Å²) in [5.74, 6) is -3.40. The molecule has 0 rings (SSSR count). The fraction of sp³-hybridized carbons (Fsp3) is 0.778. The first-order chi connectivity index (χ1) is 5.80. The molecule has 76 valence electrons. The number of carbonyl (C=O) groups is 2. The largest absolute Gasteiger partial charge is 0.365 e. The quantitative estimate of drug-likeness (QED) is 0.479. The summed E-state index contributed by atoms with van der Waals surface area (Å²) in [6.45, 7) is 4.34. The van der Waals surface area contributed by atoms with Crippen LogP contribution in [0.3, 0.4) is 0 Å². The first-order valence-corrected chi connectivity index (χ1v) is 4.28. The van der Waals surface area contributed by atoms with Gasteiger partial charge in [-0.1, -0.05) is 6.92 Å². The molecule has 4 nitrogen and oxygen atoms in total. The number of rotatable bonds is 5. The van der Waals surface area contributed by atoms with Crippen molar-refractivity contribution in [3.63, 3.8) is 0 Å². The van der Waals surface area contributed by atoms with Crippen molar-refractivity contribution in [2.45, 2.75) is 39.4 Å². The monoisotopic (exact) mass is 188 g/mol. The number of aliphatic hydroxyl groups is 2. The Morgan fingerprint density at radius 3 is 2.15 bits per heavy atom. The van der Waals surface area contributed by atoms with E-state index in [1.165, 1.54) is 13.8 Å². The van der Waals surface area contributed by atoms with Gasteiger partial charge in [0.05, 0.1) is 12.3 Å². The lowest BCUT2D eigenvalue weighted by Crippen LogP contribution is -2.33. The van der Waals surface area contributed by atoms with E-state index in [9.17, 15) is 9.59 Å². The third kappa shape index (κ3) is 4.15. The van der Waals surface area contributed by atoms with Gasteiger partial charge >= 0.3 is 0 Å².